The van der Waals surface area contributed by atoms with E-state index in [9.17, 15) is 27.7 Å². The third-order valence-corrected chi connectivity index (χ3v) is 1.73. The molecule has 0 spiro atoms. The van der Waals surface area contributed by atoms with Crippen LogP contribution in [0.3, 0.4) is 0 Å². The van der Waals surface area contributed by atoms with Gasteiger partial charge in [0.1, 0.15) is 5.82 Å². The lowest BCUT2D eigenvalue weighted by atomic mass is 10.1. The summed E-state index contributed by atoms with van der Waals surface area (Å²) in [6, 6.07) is 0.824. The maximum Gasteiger partial charge on any atom is 0.425 e. The van der Waals surface area contributed by atoms with Crippen LogP contribution in [0.5, 0.6) is 0 Å². The Morgan fingerprint density at radius 1 is 1.33 bits per heavy atom. The Kier molecular flexibility index (Phi) is 2.85. The number of hydrogen-bond donors (Lipinski definition) is 0. The van der Waals surface area contributed by atoms with Crippen LogP contribution in [0, 0.1) is 15.9 Å². The molecule has 0 aliphatic heterocycles. The molecule has 0 aliphatic carbocycles. The zero-order chi connectivity index (χ0) is 11.8. The first-order valence-electron chi connectivity index (χ1n) is 3.44. The van der Waals surface area contributed by atoms with E-state index in [-0.39, 0.29) is 0 Å². The van der Waals surface area contributed by atoms with Gasteiger partial charge in [-0.15, -0.1) is 0 Å². The molecule has 0 N–H and O–H groups in total. The Morgan fingerprint density at radius 2 is 1.87 bits per heavy atom. The molecule has 0 fully saturated rings. The van der Waals surface area contributed by atoms with Gasteiger partial charge >= 0.3 is 6.18 Å². The fourth-order valence-electron chi connectivity index (χ4n) is 0.985. The molecule has 0 saturated carbocycles. The van der Waals surface area contributed by atoms with Crippen molar-refractivity contribution in [2.24, 2.45) is 0 Å². The van der Waals surface area contributed by atoms with Gasteiger partial charge in [0.05, 0.1) is 9.95 Å². The number of nitrogens with zero attached hydrogens (tertiary/aromatic N) is 1. The lowest BCUT2D eigenvalue weighted by molar-refractivity contribution is -0.388. The molecule has 0 radical (unpaired) electrons. The Bertz CT molecular complexity index is 418. The van der Waals surface area contributed by atoms with Crippen LogP contribution in [0.4, 0.5) is 23.2 Å². The number of halogens is 5. The molecule has 0 aliphatic rings. The van der Waals surface area contributed by atoms with Gasteiger partial charge in [-0.1, -0.05) is 11.6 Å². The topological polar surface area (TPSA) is 43.1 Å². The van der Waals surface area contributed by atoms with Crippen molar-refractivity contribution >= 4 is 17.3 Å². The first-order valence-corrected chi connectivity index (χ1v) is 3.82. The minimum atomic E-state index is -5.13. The Balaban J connectivity index is 3.55. The minimum Gasteiger partial charge on any atom is -0.258 e. The molecular formula is C7H2ClF4NO2. The SMILES string of the molecule is O=[N+]([O-])c1cc(Cl)cc(F)c1C(F)(F)F. The Labute approximate surface area is 85.4 Å². The van der Waals surface area contributed by atoms with E-state index < -0.39 is 33.2 Å². The fraction of sp³-hybridized carbons (Fsp3) is 0.143. The molecule has 15 heavy (non-hydrogen) atoms. The van der Waals surface area contributed by atoms with Crippen LogP contribution in [0.1, 0.15) is 5.56 Å². The van der Waals surface area contributed by atoms with Crippen molar-refractivity contribution in [2.45, 2.75) is 6.18 Å². The molecule has 0 bridgehead atoms. The fourth-order valence-corrected chi connectivity index (χ4v) is 1.18. The summed E-state index contributed by atoms with van der Waals surface area (Å²) in [6.45, 7) is 0. The van der Waals surface area contributed by atoms with Gasteiger partial charge in [-0.3, -0.25) is 10.1 Å². The molecule has 1 aromatic carbocycles. The van der Waals surface area contributed by atoms with Crippen molar-refractivity contribution < 1.29 is 22.5 Å². The first kappa shape index (κ1) is 11.7. The lowest BCUT2D eigenvalue weighted by Gasteiger charge is -2.08. The van der Waals surface area contributed by atoms with E-state index in [1.807, 2.05) is 0 Å². The van der Waals surface area contributed by atoms with E-state index in [4.69, 9.17) is 11.6 Å². The lowest BCUT2D eigenvalue weighted by Crippen LogP contribution is -2.11. The monoisotopic (exact) mass is 243 g/mol. The van der Waals surface area contributed by atoms with Gasteiger partial charge in [0.2, 0.25) is 0 Å². The van der Waals surface area contributed by atoms with Crippen LogP contribution in [0.25, 0.3) is 0 Å². The van der Waals surface area contributed by atoms with Gasteiger partial charge in [-0.25, -0.2) is 4.39 Å². The molecule has 82 valence electrons. The molecule has 0 saturated heterocycles. The van der Waals surface area contributed by atoms with E-state index >= 15 is 0 Å². The molecule has 1 rings (SSSR count). The number of rotatable bonds is 1. The van der Waals surface area contributed by atoms with E-state index in [1.54, 1.807) is 0 Å². The normalized spacial score (nSPS) is 11.5. The second-order valence-corrected chi connectivity index (χ2v) is 2.97. The van der Waals surface area contributed by atoms with Crippen LogP contribution in [0.15, 0.2) is 12.1 Å². The van der Waals surface area contributed by atoms with E-state index in [0.29, 0.717) is 12.1 Å². The highest BCUT2D eigenvalue weighted by Crippen LogP contribution is 2.39. The second kappa shape index (κ2) is 3.65. The predicted molar refractivity (Wildman–Crippen MR) is 43.1 cm³/mol. The number of alkyl halides is 3. The Hall–Kier alpha value is -1.37. The quantitative estimate of drug-likeness (QED) is 0.431. The van der Waals surface area contributed by atoms with Gasteiger partial charge < -0.3 is 0 Å². The van der Waals surface area contributed by atoms with Crippen LogP contribution in [-0.2, 0) is 6.18 Å². The smallest absolute Gasteiger partial charge is 0.258 e. The summed E-state index contributed by atoms with van der Waals surface area (Å²) < 4.78 is 49.5. The predicted octanol–water partition coefficient (Wildman–Crippen LogP) is 3.41. The van der Waals surface area contributed by atoms with Crippen molar-refractivity contribution in [1.82, 2.24) is 0 Å². The third kappa shape index (κ3) is 2.35. The molecule has 1 aromatic rings. The van der Waals surface area contributed by atoms with Gasteiger partial charge in [-0.05, 0) is 6.07 Å². The van der Waals surface area contributed by atoms with Crippen LogP contribution < -0.4 is 0 Å². The molecule has 0 aromatic heterocycles. The maximum atomic E-state index is 12.9. The summed E-state index contributed by atoms with van der Waals surface area (Å²) in [6.07, 6.45) is -5.13. The van der Waals surface area contributed by atoms with Crippen molar-refractivity contribution in [3.63, 3.8) is 0 Å². The largest absolute Gasteiger partial charge is 0.425 e. The summed E-state index contributed by atoms with van der Waals surface area (Å²) in [5, 5.41) is 9.79. The molecule has 0 amide bonds. The maximum absolute atomic E-state index is 12.9. The average Bonchev–Trinajstić information content (AvgIpc) is 1.99. The molecule has 8 heteroatoms. The van der Waals surface area contributed by atoms with Crippen LogP contribution in [0.2, 0.25) is 5.02 Å². The molecular weight excluding hydrogens is 242 g/mol. The number of hydrogen-bond acceptors (Lipinski definition) is 2. The standard InChI is InChI=1S/C7H2ClF4NO2/c8-3-1-4(9)6(7(10,11)12)5(2-3)13(14)15/h1-2H. The van der Waals surface area contributed by atoms with Gasteiger partial charge in [0, 0.05) is 6.07 Å². The van der Waals surface area contributed by atoms with Crippen LogP contribution >= 0.6 is 11.6 Å². The van der Waals surface area contributed by atoms with E-state index in [0.717, 1.165) is 0 Å². The summed E-state index contributed by atoms with van der Waals surface area (Å²) in [7, 11) is 0. The molecule has 0 unspecified atom stereocenters. The minimum absolute atomic E-state index is 0.372. The number of nitro benzene ring substituents is 1. The van der Waals surface area contributed by atoms with Gasteiger partial charge in [0.15, 0.2) is 5.56 Å². The molecule has 0 heterocycles. The zero-order valence-corrected chi connectivity index (χ0v) is 7.56. The summed E-state index contributed by atoms with van der Waals surface area (Å²) in [5.41, 5.74) is -3.32. The first-order chi connectivity index (χ1) is 6.73. The van der Waals surface area contributed by atoms with Crippen molar-refractivity contribution in [3.05, 3.63) is 38.7 Å². The highest BCUT2D eigenvalue weighted by molar-refractivity contribution is 6.30. The highest BCUT2D eigenvalue weighted by Gasteiger charge is 2.41. The average molecular weight is 244 g/mol. The van der Waals surface area contributed by atoms with E-state index in [2.05, 4.69) is 0 Å². The van der Waals surface area contributed by atoms with E-state index in [1.165, 1.54) is 0 Å². The van der Waals surface area contributed by atoms with Gasteiger partial charge in [-0.2, -0.15) is 13.2 Å². The summed E-state index contributed by atoms with van der Waals surface area (Å²) in [4.78, 5) is 8.92. The van der Waals surface area contributed by atoms with Crippen LogP contribution in [-0.4, -0.2) is 4.92 Å². The van der Waals surface area contributed by atoms with Gasteiger partial charge in [0.25, 0.3) is 5.69 Å². The third-order valence-electron chi connectivity index (χ3n) is 1.51. The van der Waals surface area contributed by atoms with Crippen molar-refractivity contribution in [2.75, 3.05) is 0 Å². The molecule has 3 nitrogen and oxygen atoms in total. The second-order valence-electron chi connectivity index (χ2n) is 2.54. The molecule has 0 atom stereocenters. The van der Waals surface area contributed by atoms with Crippen molar-refractivity contribution in [1.29, 1.82) is 0 Å². The Morgan fingerprint density at radius 3 is 2.27 bits per heavy atom. The van der Waals surface area contributed by atoms with Crippen molar-refractivity contribution in [3.8, 4) is 0 Å². The zero-order valence-electron chi connectivity index (χ0n) is 6.81. The summed E-state index contributed by atoms with van der Waals surface area (Å²) >= 11 is 5.20. The highest BCUT2D eigenvalue weighted by atomic mass is 35.5. The number of benzene rings is 1. The number of nitro groups is 1. The summed E-state index contributed by atoms with van der Waals surface area (Å²) in [5.74, 6) is -1.76.